The SMILES string of the molecule is Cc1ccc([C@H](NS(=O)(=O)c2ccc3[nH]c(=O)[nH]c3c2)c2ccccc2)cc1. The number of rotatable bonds is 5. The predicted molar refractivity (Wildman–Crippen MR) is 109 cm³/mol. The summed E-state index contributed by atoms with van der Waals surface area (Å²) in [7, 11) is -3.83. The number of hydrogen-bond acceptors (Lipinski definition) is 3. The number of aryl methyl sites for hydroxylation is 1. The first-order valence-electron chi connectivity index (χ1n) is 8.78. The summed E-state index contributed by atoms with van der Waals surface area (Å²) in [6.45, 7) is 1.98. The molecule has 1 atom stereocenters. The molecule has 1 aromatic heterocycles. The molecular weight excluding hydrogens is 374 g/mol. The molecule has 0 fully saturated rings. The monoisotopic (exact) mass is 393 g/mol. The Morgan fingerprint density at radius 1 is 0.821 bits per heavy atom. The quantitative estimate of drug-likeness (QED) is 0.486. The van der Waals surface area contributed by atoms with Gasteiger partial charge in [0, 0.05) is 0 Å². The summed E-state index contributed by atoms with van der Waals surface area (Å²) in [6.07, 6.45) is 0. The fourth-order valence-corrected chi connectivity index (χ4v) is 4.37. The van der Waals surface area contributed by atoms with Gasteiger partial charge in [0.25, 0.3) is 0 Å². The van der Waals surface area contributed by atoms with Crippen LogP contribution in [0.1, 0.15) is 22.7 Å². The minimum absolute atomic E-state index is 0.0864. The average Bonchev–Trinajstić information content (AvgIpc) is 3.07. The molecule has 0 saturated carbocycles. The number of fused-ring (bicyclic) bond motifs is 1. The summed E-state index contributed by atoms with van der Waals surface area (Å²) in [6, 6.07) is 21.1. The van der Waals surface area contributed by atoms with Crippen molar-refractivity contribution >= 4 is 21.1 Å². The Balaban J connectivity index is 1.75. The molecule has 0 aliphatic carbocycles. The Bertz CT molecular complexity index is 1270. The molecule has 0 amide bonds. The molecule has 142 valence electrons. The molecule has 3 N–H and O–H groups in total. The van der Waals surface area contributed by atoms with Gasteiger partial charge in [-0.05, 0) is 36.2 Å². The van der Waals surface area contributed by atoms with Crippen LogP contribution in [0.5, 0.6) is 0 Å². The van der Waals surface area contributed by atoms with E-state index in [2.05, 4.69) is 14.7 Å². The molecule has 0 bridgehead atoms. The standard InChI is InChI=1S/C21H19N3O3S/c1-14-7-9-16(10-8-14)20(15-5-3-2-4-6-15)24-28(26,27)17-11-12-18-19(13-17)23-21(25)22-18/h2-13,20,24H,1H3,(H2,22,23,25)/t20-/m1/s1. The molecule has 28 heavy (non-hydrogen) atoms. The topological polar surface area (TPSA) is 94.8 Å². The van der Waals surface area contributed by atoms with E-state index in [0.717, 1.165) is 16.7 Å². The van der Waals surface area contributed by atoms with Crippen molar-refractivity contribution < 1.29 is 8.42 Å². The molecule has 0 aliphatic heterocycles. The Kier molecular flexibility index (Phi) is 4.62. The second-order valence-electron chi connectivity index (χ2n) is 6.66. The Morgan fingerprint density at radius 3 is 2.18 bits per heavy atom. The van der Waals surface area contributed by atoms with Crippen LogP contribution < -0.4 is 10.4 Å². The minimum Gasteiger partial charge on any atom is -0.306 e. The van der Waals surface area contributed by atoms with Crippen molar-refractivity contribution in [3.8, 4) is 0 Å². The van der Waals surface area contributed by atoms with Crippen molar-refractivity contribution in [2.75, 3.05) is 0 Å². The van der Waals surface area contributed by atoms with Crippen molar-refractivity contribution in [1.82, 2.24) is 14.7 Å². The smallest absolute Gasteiger partial charge is 0.306 e. The molecule has 1 heterocycles. The van der Waals surface area contributed by atoms with Crippen molar-refractivity contribution in [3.63, 3.8) is 0 Å². The van der Waals surface area contributed by atoms with E-state index in [1.807, 2.05) is 61.5 Å². The van der Waals surface area contributed by atoms with Crippen LogP contribution >= 0.6 is 0 Å². The molecule has 6 nitrogen and oxygen atoms in total. The number of hydrogen-bond donors (Lipinski definition) is 3. The number of nitrogens with one attached hydrogen (secondary N) is 3. The highest BCUT2D eigenvalue weighted by Crippen LogP contribution is 2.25. The number of H-pyrrole nitrogens is 2. The minimum atomic E-state index is -3.83. The van der Waals surface area contributed by atoms with Gasteiger partial charge < -0.3 is 9.97 Å². The summed E-state index contributed by atoms with van der Waals surface area (Å²) in [5.74, 6) is 0. The third-order valence-electron chi connectivity index (χ3n) is 4.61. The first-order chi connectivity index (χ1) is 13.4. The summed E-state index contributed by atoms with van der Waals surface area (Å²) < 4.78 is 29.0. The first-order valence-corrected chi connectivity index (χ1v) is 10.3. The van der Waals surface area contributed by atoms with Crippen LogP contribution in [0.3, 0.4) is 0 Å². The third kappa shape index (κ3) is 3.62. The van der Waals surface area contributed by atoms with Crippen molar-refractivity contribution in [1.29, 1.82) is 0 Å². The van der Waals surface area contributed by atoms with E-state index in [-0.39, 0.29) is 10.6 Å². The summed E-state index contributed by atoms with van der Waals surface area (Å²) in [5.41, 5.74) is 3.41. The molecular formula is C21H19N3O3S. The zero-order chi connectivity index (χ0) is 19.7. The summed E-state index contributed by atoms with van der Waals surface area (Å²) in [4.78, 5) is 16.7. The highest BCUT2D eigenvalue weighted by atomic mass is 32.2. The van der Waals surface area contributed by atoms with E-state index in [0.29, 0.717) is 11.0 Å². The van der Waals surface area contributed by atoms with Crippen molar-refractivity contribution in [2.24, 2.45) is 0 Å². The van der Waals surface area contributed by atoms with Gasteiger partial charge in [0.1, 0.15) is 0 Å². The number of aromatic amines is 2. The molecule has 0 spiro atoms. The lowest BCUT2D eigenvalue weighted by Crippen LogP contribution is -2.29. The van der Waals surface area contributed by atoms with Crippen molar-refractivity contribution in [3.05, 3.63) is 100.0 Å². The van der Waals surface area contributed by atoms with Crippen molar-refractivity contribution in [2.45, 2.75) is 17.9 Å². The van der Waals surface area contributed by atoms with Crippen LogP contribution in [-0.2, 0) is 10.0 Å². The van der Waals surface area contributed by atoms with E-state index < -0.39 is 16.1 Å². The molecule has 4 aromatic rings. The second kappa shape index (κ2) is 7.10. The Labute approximate surface area is 162 Å². The van der Waals surface area contributed by atoms with Crippen LogP contribution in [0.15, 0.2) is 82.5 Å². The number of imidazole rings is 1. The molecule has 0 radical (unpaired) electrons. The predicted octanol–water partition coefficient (Wildman–Crippen LogP) is 3.23. The number of sulfonamides is 1. The van der Waals surface area contributed by atoms with E-state index in [9.17, 15) is 13.2 Å². The summed E-state index contributed by atoms with van der Waals surface area (Å²) >= 11 is 0. The second-order valence-corrected chi connectivity index (χ2v) is 8.38. The Morgan fingerprint density at radius 2 is 1.46 bits per heavy atom. The molecule has 7 heteroatoms. The number of aromatic nitrogens is 2. The van der Waals surface area contributed by atoms with Gasteiger partial charge in [-0.1, -0.05) is 60.2 Å². The molecule has 0 unspecified atom stereocenters. The van der Waals surface area contributed by atoms with Gasteiger partial charge in [-0.3, -0.25) is 0 Å². The molecule has 4 rings (SSSR count). The molecule has 3 aromatic carbocycles. The van der Waals surface area contributed by atoms with Gasteiger partial charge in [-0.15, -0.1) is 0 Å². The average molecular weight is 393 g/mol. The first kappa shape index (κ1) is 18.2. The van der Waals surface area contributed by atoms with Crippen LogP contribution in [0.25, 0.3) is 11.0 Å². The zero-order valence-electron chi connectivity index (χ0n) is 15.1. The highest BCUT2D eigenvalue weighted by molar-refractivity contribution is 7.89. The van der Waals surface area contributed by atoms with Gasteiger partial charge >= 0.3 is 5.69 Å². The maximum absolute atomic E-state index is 13.1. The highest BCUT2D eigenvalue weighted by Gasteiger charge is 2.23. The van der Waals surface area contributed by atoms with Crippen LogP contribution in [0, 0.1) is 6.92 Å². The van der Waals surface area contributed by atoms with E-state index in [1.54, 1.807) is 6.07 Å². The van der Waals surface area contributed by atoms with Gasteiger partial charge in [0.2, 0.25) is 10.0 Å². The normalized spacial score (nSPS) is 12.9. The lowest BCUT2D eigenvalue weighted by atomic mass is 9.99. The van der Waals surface area contributed by atoms with Gasteiger partial charge in [-0.25, -0.2) is 13.2 Å². The maximum Gasteiger partial charge on any atom is 0.323 e. The van der Waals surface area contributed by atoms with Crippen LogP contribution in [-0.4, -0.2) is 18.4 Å². The summed E-state index contributed by atoms with van der Waals surface area (Å²) in [5, 5.41) is 0. The van der Waals surface area contributed by atoms with Crippen LogP contribution in [0.4, 0.5) is 0 Å². The van der Waals surface area contributed by atoms with E-state index >= 15 is 0 Å². The number of benzene rings is 3. The zero-order valence-corrected chi connectivity index (χ0v) is 16.0. The van der Waals surface area contributed by atoms with Gasteiger partial charge in [0.05, 0.1) is 22.0 Å². The molecule has 0 aliphatic rings. The largest absolute Gasteiger partial charge is 0.323 e. The maximum atomic E-state index is 13.1. The fourth-order valence-electron chi connectivity index (χ4n) is 3.13. The van der Waals surface area contributed by atoms with E-state index in [4.69, 9.17) is 0 Å². The lowest BCUT2D eigenvalue weighted by Gasteiger charge is -2.20. The fraction of sp³-hybridized carbons (Fsp3) is 0.0952. The molecule has 0 saturated heterocycles. The Hall–Kier alpha value is -3.16. The third-order valence-corrected chi connectivity index (χ3v) is 6.03. The lowest BCUT2D eigenvalue weighted by molar-refractivity contribution is 0.572. The van der Waals surface area contributed by atoms with Gasteiger partial charge in [-0.2, -0.15) is 4.72 Å². The van der Waals surface area contributed by atoms with Crippen LogP contribution in [0.2, 0.25) is 0 Å². The van der Waals surface area contributed by atoms with E-state index in [1.165, 1.54) is 12.1 Å². The van der Waals surface area contributed by atoms with Gasteiger partial charge in [0.15, 0.2) is 0 Å².